The first-order valence-electron chi connectivity index (χ1n) is 20.5. The highest BCUT2D eigenvalue weighted by Gasteiger charge is 2.51. The standard InChI is InChI=1S/C39H75O12P/c1-2-3-4-5-6-7-8-9-10-11-12-13-14-15-16-17-18-19-20-21-22-23-24-25-26-27-28-29-33(41)49-30-32(40)31-50-52(47,48)51-39-37(45)35(43)34(42)36(44)38(39)46/h9-10,32,34-40,42-46H,2-8,11-31H2,1H3,(H,47,48)/b10-9-/t32-,34?,35-,36+,37-,38-,39?/m1/s1. The van der Waals surface area contributed by atoms with Gasteiger partial charge in [-0.2, -0.15) is 0 Å². The lowest BCUT2D eigenvalue weighted by Crippen LogP contribution is -2.64. The van der Waals surface area contributed by atoms with Gasteiger partial charge in [0.2, 0.25) is 0 Å². The number of carbonyl (C=O) groups excluding carboxylic acids is 1. The van der Waals surface area contributed by atoms with Crippen molar-refractivity contribution >= 4 is 13.8 Å². The molecule has 3 unspecified atom stereocenters. The molecule has 0 bridgehead atoms. The zero-order chi connectivity index (χ0) is 38.5. The van der Waals surface area contributed by atoms with Crippen LogP contribution in [0.15, 0.2) is 12.2 Å². The highest BCUT2D eigenvalue weighted by Crippen LogP contribution is 2.47. The number of hydrogen-bond donors (Lipinski definition) is 7. The van der Waals surface area contributed by atoms with Gasteiger partial charge in [-0.05, 0) is 32.1 Å². The van der Waals surface area contributed by atoms with Crippen molar-refractivity contribution < 1.29 is 58.7 Å². The Balaban J connectivity index is 1.87. The molecule has 12 nitrogen and oxygen atoms in total. The molecule has 1 aliphatic rings. The van der Waals surface area contributed by atoms with Crippen LogP contribution in [0.2, 0.25) is 0 Å². The maximum atomic E-state index is 12.2. The van der Waals surface area contributed by atoms with Crippen molar-refractivity contribution in [2.45, 2.75) is 217 Å². The third-order valence-electron chi connectivity index (χ3n) is 9.84. The van der Waals surface area contributed by atoms with Gasteiger partial charge < -0.3 is 40.3 Å². The summed E-state index contributed by atoms with van der Waals surface area (Å²) in [7, 11) is -4.99. The van der Waals surface area contributed by atoms with E-state index in [9.17, 15) is 44.9 Å². The van der Waals surface area contributed by atoms with Crippen molar-refractivity contribution in [1.29, 1.82) is 0 Å². The average molecular weight is 767 g/mol. The van der Waals surface area contributed by atoms with Crippen molar-refractivity contribution in [2.24, 2.45) is 0 Å². The van der Waals surface area contributed by atoms with Gasteiger partial charge in [0.05, 0.1) is 6.61 Å². The van der Waals surface area contributed by atoms with Crippen LogP contribution in [0.25, 0.3) is 0 Å². The number of rotatable bonds is 34. The van der Waals surface area contributed by atoms with E-state index in [0.29, 0.717) is 6.42 Å². The monoisotopic (exact) mass is 766 g/mol. The Kier molecular flexibility index (Phi) is 29.6. The zero-order valence-electron chi connectivity index (χ0n) is 32.1. The minimum absolute atomic E-state index is 0.195. The molecule has 7 N–H and O–H groups in total. The molecule has 308 valence electrons. The van der Waals surface area contributed by atoms with Crippen LogP contribution in [0.5, 0.6) is 0 Å². The van der Waals surface area contributed by atoms with E-state index in [-0.39, 0.29) is 6.42 Å². The SMILES string of the molecule is CCCCCCCC/C=C\CCCCCCCCCCCCCCCCCCCC(=O)OC[C@@H](O)COP(=O)(O)OC1[C@H](O)[C@H](O)C(O)[C@H](O)[C@H]1O. The van der Waals surface area contributed by atoms with Gasteiger partial charge in [0.15, 0.2) is 0 Å². The summed E-state index contributed by atoms with van der Waals surface area (Å²) in [4.78, 5) is 21.9. The molecule has 0 aromatic rings. The van der Waals surface area contributed by atoms with Crippen molar-refractivity contribution in [3.05, 3.63) is 12.2 Å². The second kappa shape index (κ2) is 31.3. The van der Waals surface area contributed by atoms with Crippen LogP contribution >= 0.6 is 7.82 Å². The van der Waals surface area contributed by atoms with E-state index < -0.39 is 69.7 Å². The molecule has 0 amide bonds. The number of aliphatic hydroxyl groups excluding tert-OH is 6. The van der Waals surface area contributed by atoms with E-state index in [1.807, 2.05) is 0 Å². The molecular formula is C39H75O12P. The van der Waals surface area contributed by atoms with Crippen molar-refractivity contribution in [3.63, 3.8) is 0 Å². The number of esters is 1. The summed E-state index contributed by atoms with van der Waals surface area (Å²) in [5, 5.41) is 58.8. The van der Waals surface area contributed by atoms with Gasteiger partial charge in [-0.15, -0.1) is 0 Å². The quantitative estimate of drug-likeness (QED) is 0.0154. The lowest BCUT2D eigenvalue weighted by molar-refractivity contribution is -0.220. The van der Waals surface area contributed by atoms with Gasteiger partial charge in [0.1, 0.15) is 49.3 Å². The molecule has 1 rings (SSSR count). The largest absolute Gasteiger partial charge is 0.472 e. The molecule has 8 atom stereocenters. The van der Waals surface area contributed by atoms with Crippen LogP contribution in [-0.2, 0) is 23.1 Å². The predicted molar refractivity (Wildman–Crippen MR) is 203 cm³/mol. The van der Waals surface area contributed by atoms with E-state index in [0.717, 1.165) is 19.3 Å². The fraction of sp³-hybridized carbons (Fsp3) is 0.923. The topological polar surface area (TPSA) is 203 Å². The molecule has 0 aromatic heterocycles. The molecule has 0 aliphatic heterocycles. The fourth-order valence-corrected chi connectivity index (χ4v) is 7.44. The van der Waals surface area contributed by atoms with E-state index in [1.165, 1.54) is 135 Å². The number of unbranched alkanes of at least 4 members (excludes halogenated alkanes) is 23. The van der Waals surface area contributed by atoms with Crippen molar-refractivity contribution in [1.82, 2.24) is 0 Å². The van der Waals surface area contributed by atoms with Gasteiger partial charge in [0, 0.05) is 6.42 Å². The second-order valence-corrected chi connectivity index (χ2v) is 16.1. The van der Waals surface area contributed by atoms with Gasteiger partial charge >= 0.3 is 13.8 Å². The Bertz CT molecular complexity index is 921. The van der Waals surface area contributed by atoms with Gasteiger partial charge in [-0.25, -0.2) is 4.57 Å². The number of allylic oxidation sites excluding steroid dienone is 2. The Morgan fingerprint density at radius 3 is 1.37 bits per heavy atom. The Labute approximate surface area is 314 Å². The van der Waals surface area contributed by atoms with Crippen LogP contribution < -0.4 is 0 Å². The number of phosphoric acid groups is 1. The smallest absolute Gasteiger partial charge is 0.463 e. The first-order valence-corrected chi connectivity index (χ1v) is 22.0. The summed E-state index contributed by atoms with van der Waals surface area (Å²) in [6, 6.07) is 0. The number of hydrogen-bond acceptors (Lipinski definition) is 11. The normalized spacial score (nSPS) is 23.9. The van der Waals surface area contributed by atoms with Crippen LogP contribution in [0.4, 0.5) is 0 Å². The van der Waals surface area contributed by atoms with E-state index in [1.54, 1.807) is 0 Å². The van der Waals surface area contributed by atoms with Crippen molar-refractivity contribution in [2.75, 3.05) is 13.2 Å². The summed E-state index contributed by atoms with van der Waals surface area (Å²) in [6.07, 6.45) is 23.6. The molecule has 1 fully saturated rings. The molecule has 52 heavy (non-hydrogen) atoms. The van der Waals surface area contributed by atoms with Gasteiger partial charge in [-0.1, -0.05) is 147 Å². The number of ether oxygens (including phenoxy) is 1. The van der Waals surface area contributed by atoms with E-state index in [4.69, 9.17) is 4.74 Å². The van der Waals surface area contributed by atoms with E-state index in [2.05, 4.69) is 28.1 Å². The molecule has 0 heterocycles. The molecule has 1 saturated carbocycles. The van der Waals surface area contributed by atoms with Crippen LogP contribution in [0, 0.1) is 0 Å². The summed E-state index contributed by atoms with van der Waals surface area (Å²) in [6.45, 7) is 1.02. The lowest BCUT2D eigenvalue weighted by Gasteiger charge is -2.41. The highest BCUT2D eigenvalue weighted by molar-refractivity contribution is 7.47. The summed E-state index contributed by atoms with van der Waals surface area (Å²) < 4.78 is 26.5. The summed E-state index contributed by atoms with van der Waals surface area (Å²) in [5.74, 6) is -0.505. The van der Waals surface area contributed by atoms with E-state index >= 15 is 0 Å². The summed E-state index contributed by atoms with van der Waals surface area (Å²) in [5.41, 5.74) is 0. The number of carbonyl (C=O) groups is 1. The minimum atomic E-state index is -4.99. The number of aliphatic hydroxyl groups is 6. The molecule has 0 aromatic carbocycles. The zero-order valence-corrected chi connectivity index (χ0v) is 33.0. The summed E-state index contributed by atoms with van der Waals surface area (Å²) >= 11 is 0. The fourth-order valence-electron chi connectivity index (χ4n) is 6.46. The van der Waals surface area contributed by atoms with Crippen LogP contribution in [-0.4, -0.2) is 97.4 Å². The van der Waals surface area contributed by atoms with Crippen LogP contribution in [0.3, 0.4) is 0 Å². The minimum Gasteiger partial charge on any atom is -0.463 e. The van der Waals surface area contributed by atoms with Gasteiger partial charge in [-0.3, -0.25) is 13.8 Å². The molecule has 0 spiro atoms. The molecule has 1 aliphatic carbocycles. The molecule has 0 saturated heterocycles. The predicted octanol–water partition coefficient (Wildman–Crippen LogP) is 6.93. The first kappa shape index (κ1) is 49.1. The third kappa shape index (κ3) is 24.5. The second-order valence-electron chi connectivity index (χ2n) is 14.7. The Hall–Kier alpha value is -0.920. The Morgan fingerprint density at radius 2 is 0.942 bits per heavy atom. The maximum Gasteiger partial charge on any atom is 0.472 e. The Morgan fingerprint density at radius 1 is 0.577 bits per heavy atom. The number of phosphoric ester groups is 1. The third-order valence-corrected chi connectivity index (χ3v) is 10.8. The molecule has 0 radical (unpaired) electrons. The molecular weight excluding hydrogens is 691 g/mol. The van der Waals surface area contributed by atoms with Crippen LogP contribution in [0.1, 0.15) is 174 Å². The average Bonchev–Trinajstić information content (AvgIpc) is 3.13. The lowest BCUT2D eigenvalue weighted by atomic mass is 9.85. The maximum absolute atomic E-state index is 12.2. The highest BCUT2D eigenvalue weighted by atomic mass is 31.2. The first-order chi connectivity index (χ1) is 25.0. The molecule has 13 heteroatoms. The van der Waals surface area contributed by atoms with Gasteiger partial charge in [0.25, 0.3) is 0 Å². The van der Waals surface area contributed by atoms with Crippen molar-refractivity contribution in [3.8, 4) is 0 Å².